The van der Waals surface area contributed by atoms with E-state index in [-0.39, 0.29) is 72.3 Å². The van der Waals surface area contributed by atoms with Crippen molar-refractivity contribution in [2.75, 3.05) is 26.2 Å². The molecule has 5 fully saturated rings. The molecule has 16 nitrogen and oxygen atoms in total. The van der Waals surface area contributed by atoms with Crippen molar-refractivity contribution < 1.29 is 39.0 Å². The molecule has 6 atom stereocenters. The van der Waals surface area contributed by atoms with Crippen molar-refractivity contribution in [1.29, 1.82) is 0 Å². The average Bonchev–Trinajstić information content (AvgIpc) is 3.69. The van der Waals surface area contributed by atoms with E-state index in [1.807, 2.05) is 27.7 Å². The summed E-state index contributed by atoms with van der Waals surface area (Å²) in [5, 5.41) is 30.1. The predicted octanol–water partition coefficient (Wildman–Crippen LogP) is 2.48. The molecule has 61 heavy (non-hydrogen) atoms. The Morgan fingerprint density at radius 3 is 2.08 bits per heavy atom. The Balaban J connectivity index is 1.20. The minimum absolute atomic E-state index is 0.0114. The number of carboxylic acids is 1. The van der Waals surface area contributed by atoms with Gasteiger partial charge >= 0.3 is 5.97 Å². The number of hydrazine groups is 2. The Hall–Kier alpha value is -3.96. The molecule has 4 bridgehead atoms. The molecule has 0 unspecified atom stereocenters. The minimum Gasteiger partial charge on any atom is -0.508 e. The van der Waals surface area contributed by atoms with Crippen LogP contribution in [-0.2, 0) is 35.2 Å². The third kappa shape index (κ3) is 13.3. The zero-order valence-corrected chi connectivity index (χ0v) is 36.7. The van der Waals surface area contributed by atoms with Crippen molar-refractivity contribution in [3.05, 3.63) is 29.8 Å². The van der Waals surface area contributed by atoms with Gasteiger partial charge in [0.05, 0.1) is 25.2 Å². The van der Waals surface area contributed by atoms with Crippen molar-refractivity contribution in [2.45, 2.75) is 148 Å². The molecule has 1 saturated heterocycles. The number of rotatable bonds is 26. The van der Waals surface area contributed by atoms with Crippen LogP contribution < -0.4 is 38.0 Å². The van der Waals surface area contributed by atoms with Gasteiger partial charge in [0.1, 0.15) is 23.9 Å². The number of aromatic hydroxyl groups is 1. The SMILES string of the molecule is CC[C@H](C)[C@H](NNCC(=O)[C@H](Cc1ccc(O)cc1)NC(=O)[C@@H]1CCCN1NCC(=O)[C@H](CCCCN)NC(=O)C12CC3CC(CC(C3)C1)C2)C(=O)N[C@@H](CC(C)C)C(=O)O. The first-order valence-corrected chi connectivity index (χ1v) is 22.8. The van der Waals surface area contributed by atoms with Gasteiger partial charge in [-0.3, -0.25) is 24.0 Å². The molecule has 5 aliphatic rings. The second-order valence-corrected chi connectivity index (χ2v) is 18.9. The highest BCUT2D eigenvalue weighted by Crippen LogP contribution is 2.60. The van der Waals surface area contributed by atoms with Crippen LogP contribution in [0.15, 0.2) is 24.3 Å². The Morgan fingerprint density at radius 2 is 1.49 bits per heavy atom. The largest absolute Gasteiger partial charge is 0.508 e. The molecule has 340 valence electrons. The quantitative estimate of drug-likeness (QED) is 0.0481. The number of phenols is 1. The molecular formula is C45H72N8O8. The van der Waals surface area contributed by atoms with Crippen LogP contribution in [0.25, 0.3) is 0 Å². The molecule has 1 aromatic rings. The number of aliphatic carboxylic acids is 1. The molecule has 0 radical (unpaired) electrons. The standard InChI is InChI=1S/C45H72N8O8/c1-5-28(4)40(42(58)50-36(43(59)60)17-27(2)3)52-47-25-38(55)35(21-29-11-13-33(54)14-12-29)49-41(57)37-10-8-16-53(37)48-26-39(56)34(9-6-7-15-46)51-44(61)45-22-30-18-31(23-45)20-32(19-30)24-45/h11-14,27-28,30-32,34-37,40,47-48,52,54H,5-10,15-26,46H2,1-4H3,(H,49,57)(H,50,58)(H,51,61)(H,59,60)/t28-,30?,31?,32?,34-,35-,36-,37-,40-,45?/m0/s1. The monoisotopic (exact) mass is 853 g/mol. The number of nitrogens with zero attached hydrogens (tertiary/aromatic N) is 1. The summed E-state index contributed by atoms with van der Waals surface area (Å²) in [4.78, 5) is 80.8. The number of nitrogens with one attached hydrogen (secondary N) is 6. The minimum atomic E-state index is -1.12. The van der Waals surface area contributed by atoms with E-state index in [1.54, 1.807) is 17.1 Å². The number of unbranched alkanes of at least 4 members (excludes halogenated alkanes) is 1. The van der Waals surface area contributed by atoms with Gasteiger partial charge in [-0.15, -0.1) is 0 Å². The summed E-state index contributed by atoms with van der Waals surface area (Å²) in [6.45, 7) is 8.18. The third-order valence-electron chi connectivity index (χ3n) is 13.6. The van der Waals surface area contributed by atoms with Crippen molar-refractivity contribution in [1.82, 2.24) is 37.2 Å². The van der Waals surface area contributed by atoms with Crippen LogP contribution in [0, 0.1) is 35.0 Å². The molecule has 0 spiro atoms. The van der Waals surface area contributed by atoms with E-state index < -0.39 is 42.1 Å². The summed E-state index contributed by atoms with van der Waals surface area (Å²) in [5.41, 5.74) is 15.1. The first-order chi connectivity index (χ1) is 29.1. The van der Waals surface area contributed by atoms with Crippen LogP contribution in [0.3, 0.4) is 0 Å². The van der Waals surface area contributed by atoms with Gasteiger partial charge in [0.2, 0.25) is 17.7 Å². The van der Waals surface area contributed by atoms with E-state index in [2.05, 4.69) is 32.2 Å². The highest BCUT2D eigenvalue weighted by atomic mass is 16.4. The lowest BCUT2D eigenvalue weighted by Gasteiger charge is -2.55. The first kappa shape index (κ1) is 48.1. The third-order valence-corrected chi connectivity index (χ3v) is 13.6. The molecule has 1 heterocycles. The number of ketones is 2. The highest BCUT2D eigenvalue weighted by molar-refractivity contribution is 5.93. The average molecular weight is 853 g/mol. The maximum atomic E-state index is 14.0. The van der Waals surface area contributed by atoms with Crippen LogP contribution >= 0.6 is 0 Å². The topological polar surface area (TPSA) is 244 Å². The zero-order valence-electron chi connectivity index (χ0n) is 36.7. The Morgan fingerprint density at radius 1 is 0.852 bits per heavy atom. The van der Waals surface area contributed by atoms with Crippen LogP contribution in [0.1, 0.15) is 117 Å². The smallest absolute Gasteiger partial charge is 0.326 e. The van der Waals surface area contributed by atoms with Gasteiger partial charge in [-0.1, -0.05) is 46.2 Å². The van der Waals surface area contributed by atoms with Crippen molar-refractivity contribution in [3.63, 3.8) is 0 Å². The Bertz CT molecular complexity index is 1640. The zero-order chi connectivity index (χ0) is 44.3. The number of carbonyl (C=O) groups is 6. The molecule has 4 aliphatic carbocycles. The van der Waals surface area contributed by atoms with E-state index in [9.17, 15) is 39.0 Å². The van der Waals surface area contributed by atoms with E-state index in [0.717, 1.165) is 25.7 Å². The number of nitrogens with two attached hydrogens (primary N) is 1. The molecule has 1 aromatic carbocycles. The normalized spacial score (nSPS) is 25.7. The number of amides is 3. The van der Waals surface area contributed by atoms with Gasteiger partial charge in [0.15, 0.2) is 11.6 Å². The summed E-state index contributed by atoms with van der Waals surface area (Å²) in [6, 6.07) is 2.14. The number of Topliss-reactive ketones (excluding diaryl/α,β-unsaturated/α-hetero) is 2. The maximum Gasteiger partial charge on any atom is 0.326 e. The first-order valence-electron chi connectivity index (χ1n) is 22.8. The van der Waals surface area contributed by atoms with Gasteiger partial charge < -0.3 is 31.9 Å². The van der Waals surface area contributed by atoms with E-state index in [0.29, 0.717) is 68.5 Å². The Labute approximate surface area is 361 Å². The van der Waals surface area contributed by atoms with Crippen LogP contribution in [0.4, 0.5) is 0 Å². The number of benzene rings is 1. The maximum absolute atomic E-state index is 14.0. The summed E-state index contributed by atoms with van der Waals surface area (Å²) in [6.07, 6.45) is 10.5. The summed E-state index contributed by atoms with van der Waals surface area (Å²) in [7, 11) is 0. The van der Waals surface area contributed by atoms with Gasteiger partial charge in [-0.05, 0) is 137 Å². The lowest BCUT2D eigenvalue weighted by molar-refractivity contribution is -0.148. The molecule has 1 aliphatic heterocycles. The van der Waals surface area contributed by atoms with Gasteiger partial charge in [-0.2, -0.15) is 0 Å². The lowest BCUT2D eigenvalue weighted by atomic mass is 9.49. The molecule has 6 rings (SSSR count). The molecular weight excluding hydrogens is 781 g/mol. The molecule has 10 N–H and O–H groups in total. The van der Waals surface area contributed by atoms with Gasteiger partial charge in [0, 0.05) is 12.0 Å². The molecule has 3 amide bonds. The van der Waals surface area contributed by atoms with Crippen LogP contribution in [0.2, 0.25) is 0 Å². The number of hydrogen-bond acceptors (Lipinski definition) is 12. The lowest BCUT2D eigenvalue weighted by Crippen LogP contribution is -2.59. The molecule has 4 saturated carbocycles. The fourth-order valence-electron chi connectivity index (χ4n) is 10.4. The number of hydrogen-bond donors (Lipinski definition) is 9. The van der Waals surface area contributed by atoms with E-state index in [4.69, 9.17) is 5.73 Å². The molecule has 0 aromatic heterocycles. The van der Waals surface area contributed by atoms with E-state index >= 15 is 0 Å². The summed E-state index contributed by atoms with van der Waals surface area (Å²) in [5.74, 6) is -0.840. The van der Waals surface area contributed by atoms with Gasteiger partial charge in [0.25, 0.3) is 0 Å². The number of carbonyl (C=O) groups excluding carboxylic acids is 5. The number of phenolic OH excluding ortho intramolecular Hbond substituents is 1. The number of carboxylic acid groups (broad SMARTS) is 1. The fourth-order valence-corrected chi connectivity index (χ4v) is 10.4. The molecule has 16 heteroatoms. The fraction of sp³-hybridized carbons (Fsp3) is 0.733. The van der Waals surface area contributed by atoms with Crippen molar-refractivity contribution in [2.24, 2.45) is 40.7 Å². The van der Waals surface area contributed by atoms with Gasteiger partial charge in [-0.25, -0.2) is 26.1 Å². The van der Waals surface area contributed by atoms with E-state index in [1.165, 1.54) is 31.4 Å². The predicted molar refractivity (Wildman–Crippen MR) is 230 cm³/mol. The summed E-state index contributed by atoms with van der Waals surface area (Å²) < 4.78 is 0. The van der Waals surface area contributed by atoms with Crippen LogP contribution in [-0.4, -0.2) is 107 Å². The second-order valence-electron chi connectivity index (χ2n) is 18.9. The Kier molecular flexibility index (Phi) is 17.7. The van der Waals surface area contributed by atoms with Crippen molar-refractivity contribution >= 4 is 35.3 Å². The summed E-state index contributed by atoms with van der Waals surface area (Å²) >= 11 is 0. The highest BCUT2D eigenvalue weighted by Gasteiger charge is 2.55. The van der Waals surface area contributed by atoms with Crippen LogP contribution in [0.5, 0.6) is 5.75 Å². The second kappa shape index (κ2) is 22.4. The van der Waals surface area contributed by atoms with Crippen molar-refractivity contribution in [3.8, 4) is 5.75 Å².